The maximum absolute atomic E-state index is 12.3. The van der Waals surface area contributed by atoms with E-state index in [9.17, 15) is 9.59 Å². The van der Waals surface area contributed by atoms with Gasteiger partial charge in [0.25, 0.3) is 5.91 Å². The van der Waals surface area contributed by atoms with Gasteiger partial charge >= 0.3 is 0 Å². The highest BCUT2D eigenvalue weighted by molar-refractivity contribution is 6.35. The molecule has 0 aromatic heterocycles. The minimum atomic E-state index is -0.317. The fraction of sp³-hybridized carbons (Fsp3) is 0.300. The number of morpholine rings is 1. The Morgan fingerprint density at radius 1 is 1.07 bits per heavy atom. The fourth-order valence-electron chi connectivity index (χ4n) is 2.74. The second kappa shape index (κ2) is 9.78. The van der Waals surface area contributed by atoms with Crippen molar-refractivity contribution in [1.82, 2.24) is 4.90 Å². The monoisotopic (exact) mass is 422 g/mol. The standard InChI is InChI=1S/C20H20Cl2N2O4/c21-15-3-6-18(17(22)12-15)28-13-19(25)23-16-4-1-14(2-5-16)11-20(26)24-7-9-27-10-8-24/h1-6,12H,7-11,13H2,(H,23,25). The maximum Gasteiger partial charge on any atom is 0.262 e. The molecule has 0 saturated carbocycles. The van der Waals surface area contributed by atoms with Crippen LogP contribution in [0.5, 0.6) is 5.75 Å². The van der Waals surface area contributed by atoms with Crippen molar-refractivity contribution in [3.8, 4) is 5.75 Å². The first-order valence-electron chi connectivity index (χ1n) is 8.83. The van der Waals surface area contributed by atoms with Crippen LogP contribution in [0.1, 0.15) is 5.56 Å². The Morgan fingerprint density at radius 3 is 2.46 bits per heavy atom. The van der Waals surface area contributed by atoms with Crippen molar-refractivity contribution in [2.75, 3.05) is 38.2 Å². The Bertz CT molecular complexity index is 837. The summed E-state index contributed by atoms with van der Waals surface area (Å²) in [6.45, 7) is 2.24. The number of anilines is 1. The van der Waals surface area contributed by atoms with Crippen LogP contribution < -0.4 is 10.1 Å². The van der Waals surface area contributed by atoms with Crippen molar-refractivity contribution in [1.29, 1.82) is 0 Å². The number of hydrogen-bond donors (Lipinski definition) is 1. The number of rotatable bonds is 6. The molecule has 3 rings (SSSR count). The molecule has 0 unspecified atom stereocenters. The van der Waals surface area contributed by atoms with E-state index in [1.54, 1.807) is 35.2 Å². The minimum absolute atomic E-state index is 0.0772. The Hall–Kier alpha value is -2.28. The predicted molar refractivity (Wildman–Crippen MR) is 108 cm³/mol. The molecule has 0 aliphatic carbocycles. The molecular weight excluding hydrogens is 403 g/mol. The SMILES string of the molecule is O=C(COc1ccc(Cl)cc1Cl)Nc1ccc(CC(=O)N2CCOCC2)cc1. The van der Waals surface area contributed by atoms with E-state index >= 15 is 0 Å². The Labute approximate surface area is 173 Å². The highest BCUT2D eigenvalue weighted by Crippen LogP contribution is 2.27. The molecule has 0 radical (unpaired) electrons. The van der Waals surface area contributed by atoms with Gasteiger partial charge in [-0.2, -0.15) is 0 Å². The van der Waals surface area contributed by atoms with E-state index in [0.29, 0.717) is 54.2 Å². The molecule has 1 saturated heterocycles. The Kier molecular flexibility index (Phi) is 7.14. The van der Waals surface area contributed by atoms with Crippen molar-refractivity contribution in [2.24, 2.45) is 0 Å². The van der Waals surface area contributed by atoms with Crippen molar-refractivity contribution >= 4 is 40.7 Å². The van der Waals surface area contributed by atoms with Gasteiger partial charge < -0.3 is 19.7 Å². The molecule has 1 aliphatic heterocycles. The van der Waals surface area contributed by atoms with E-state index in [0.717, 1.165) is 5.56 Å². The lowest BCUT2D eigenvalue weighted by Crippen LogP contribution is -2.41. The number of carbonyl (C=O) groups excluding carboxylic acids is 2. The number of ether oxygens (including phenoxy) is 2. The zero-order valence-corrected chi connectivity index (χ0v) is 16.6. The molecule has 28 heavy (non-hydrogen) atoms. The molecule has 0 spiro atoms. The molecule has 8 heteroatoms. The van der Waals surface area contributed by atoms with Gasteiger partial charge in [0.2, 0.25) is 5.91 Å². The van der Waals surface area contributed by atoms with Gasteiger partial charge in [0.05, 0.1) is 24.7 Å². The largest absolute Gasteiger partial charge is 0.482 e. The molecule has 1 fully saturated rings. The molecule has 6 nitrogen and oxygen atoms in total. The minimum Gasteiger partial charge on any atom is -0.482 e. The highest BCUT2D eigenvalue weighted by Gasteiger charge is 2.17. The Morgan fingerprint density at radius 2 is 1.79 bits per heavy atom. The van der Waals surface area contributed by atoms with Crippen molar-refractivity contribution in [3.05, 3.63) is 58.1 Å². The summed E-state index contributed by atoms with van der Waals surface area (Å²) >= 11 is 11.8. The molecule has 1 heterocycles. The van der Waals surface area contributed by atoms with E-state index < -0.39 is 0 Å². The second-order valence-electron chi connectivity index (χ2n) is 6.28. The first-order valence-corrected chi connectivity index (χ1v) is 9.59. The number of hydrogen-bond acceptors (Lipinski definition) is 4. The van der Waals surface area contributed by atoms with E-state index in [2.05, 4.69) is 5.32 Å². The predicted octanol–water partition coefficient (Wildman–Crippen LogP) is 3.41. The van der Waals surface area contributed by atoms with Gasteiger partial charge in [0.15, 0.2) is 6.61 Å². The van der Waals surface area contributed by atoms with Crippen LogP contribution in [0.3, 0.4) is 0 Å². The molecule has 1 aliphatic rings. The van der Waals surface area contributed by atoms with Gasteiger partial charge in [-0.25, -0.2) is 0 Å². The molecule has 2 aromatic rings. The van der Waals surface area contributed by atoms with Gasteiger partial charge in [-0.15, -0.1) is 0 Å². The number of amides is 2. The quantitative estimate of drug-likeness (QED) is 0.774. The van der Waals surface area contributed by atoms with Gasteiger partial charge in [-0.05, 0) is 35.9 Å². The first-order chi connectivity index (χ1) is 13.5. The fourth-order valence-corrected chi connectivity index (χ4v) is 3.20. The normalized spacial score (nSPS) is 13.9. The molecule has 2 aromatic carbocycles. The van der Waals surface area contributed by atoms with Crippen molar-refractivity contribution < 1.29 is 19.1 Å². The van der Waals surface area contributed by atoms with E-state index in [1.807, 2.05) is 12.1 Å². The summed E-state index contributed by atoms with van der Waals surface area (Å²) in [5, 5.41) is 3.58. The van der Waals surface area contributed by atoms with E-state index in [4.69, 9.17) is 32.7 Å². The summed E-state index contributed by atoms with van der Waals surface area (Å²) in [6, 6.07) is 12.0. The summed E-state index contributed by atoms with van der Waals surface area (Å²) in [7, 11) is 0. The zero-order valence-electron chi connectivity index (χ0n) is 15.1. The van der Waals surface area contributed by atoms with Crippen LogP contribution >= 0.6 is 23.2 Å². The van der Waals surface area contributed by atoms with Crippen LogP contribution in [0.4, 0.5) is 5.69 Å². The van der Waals surface area contributed by atoms with Crippen LogP contribution in [-0.4, -0.2) is 49.6 Å². The van der Waals surface area contributed by atoms with Crippen LogP contribution in [0, 0.1) is 0 Å². The average Bonchev–Trinajstić information content (AvgIpc) is 2.69. The molecule has 148 valence electrons. The first kappa shape index (κ1) is 20.5. The number of halogens is 2. The van der Waals surface area contributed by atoms with Crippen LogP contribution in [-0.2, 0) is 20.7 Å². The zero-order chi connectivity index (χ0) is 19.9. The number of carbonyl (C=O) groups is 2. The topological polar surface area (TPSA) is 67.9 Å². The number of nitrogens with zero attached hydrogens (tertiary/aromatic N) is 1. The third kappa shape index (κ3) is 5.86. The third-order valence-corrected chi connectivity index (χ3v) is 4.74. The van der Waals surface area contributed by atoms with Gasteiger partial charge in [0, 0.05) is 23.8 Å². The average molecular weight is 423 g/mol. The second-order valence-corrected chi connectivity index (χ2v) is 7.12. The lowest BCUT2D eigenvalue weighted by atomic mass is 10.1. The number of benzene rings is 2. The van der Waals surface area contributed by atoms with Crippen molar-refractivity contribution in [2.45, 2.75) is 6.42 Å². The maximum atomic E-state index is 12.3. The molecule has 0 atom stereocenters. The summed E-state index contributed by atoms with van der Waals surface area (Å²) in [6.07, 6.45) is 0.326. The summed E-state index contributed by atoms with van der Waals surface area (Å²) < 4.78 is 10.7. The molecule has 2 amide bonds. The van der Waals surface area contributed by atoms with Gasteiger partial charge in [-0.3, -0.25) is 9.59 Å². The van der Waals surface area contributed by atoms with Crippen LogP contribution in [0.15, 0.2) is 42.5 Å². The molecule has 0 bridgehead atoms. The number of nitrogens with one attached hydrogen (secondary N) is 1. The lowest BCUT2D eigenvalue weighted by Gasteiger charge is -2.26. The Balaban J connectivity index is 1.48. The van der Waals surface area contributed by atoms with Crippen LogP contribution in [0.2, 0.25) is 10.0 Å². The van der Waals surface area contributed by atoms with E-state index in [-0.39, 0.29) is 18.4 Å². The van der Waals surface area contributed by atoms with Crippen LogP contribution in [0.25, 0.3) is 0 Å². The van der Waals surface area contributed by atoms with Gasteiger partial charge in [0.1, 0.15) is 5.75 Å². The molecule has 1 N–H and O–H groups in total. The summed E-state index contributed by atoms with van der Waals surface area (Å²) in [5.74, 6) is 0.148. The van der Waals surface area contributed by atoms with Gasteiger partial charge in [-0.1, -0.05) is 35.3 Å². The highest BCUT2D eigenvalue weighted by atomic mass is 35.5. The third-order valence-electron chi connectivity index (χ3n) is 4.21. The molecular formula is C20H20Cl2N2O4. The smallest absolute Gasteiger partial charge is 0.262 e. The van der Waals surface area contributed by atoms with E-state index in [1.165, 1.54) is 0 Å². The van der Waals surface area contributed by atoms with Crippen molar-refractivity contribution in [3.63, 3.8) is 0 Å². The summed E-state index contributed by atoms with van der Waals surface area (Å²) in [4.78, 5) is 26.1. The summed E-state index contributed by atoms with van der Waals surface area (Å²) in [5.41, 5.74) is 1.51. The lowest BCUT2D eigenvalue weighted by molar-refractivity contribution is -0.134.